The summed E-state index contributed by atoms with van der Waals surface area (Å²) in [6, 6.07) is 7.16. The maximum Gasteiger partial charge on any atom is 0.0353 e. The molecule has 0 amide bonds. The molecule has 0 spiro atoms. The quantitative estimate of drug-likeness (QED) is 0.824. The molecule has 2 rings (SSSR count). The molecule has 0 bridgehead atoms. The Kier molecular flexibility index (Phi) is 4.68. The number of benzene rings is 1. The Morgan fingerprint density at radius 2 is 2.12 bits per heavy atom. The normalized spacial score (nSPS) is 24.6. The Labute approximate surface area is 117 Å². The van der Waals surface area contributed by atoms with Crippen LogP contribution in [0.2, 0.25) is 0 Å². The molecule has 0 radical (unpaired) electrons. The van der Waals surface area contributed by atoms with Gasteiger partial charge in [0.1, 0.15) is 0 Å². The molecule has 1 aliphatic rings. The average molecular weight is 344 g/mol. The molecule has 1 aliphatic carbocycles. The third-order valence-corrected chi connectivity index (χ3v) is 4.90. The predicted molar refractivity (Wildman–Crippen MR) is 82.3 cm³/mol. The van der Waals surface area contributed by atoms with E-state index in [1.165, 1.54) is 40.5 Å². The van der Waals surface area contributed by atoms with Crippen LogP contribution in [0, 0.1) is 16.4 Å². The van der Waals surface area contributed by atoms with Crippen molar-refractivity contribution in [3.8, 4) is 0 Å². The molecule has 0 aromatic heterocycles. The summed E-state index contributed by atoms with van der Waals surface area (Å²) in [5.41, 5.74) is 8.44. The van der Waals surface area contributed by atoms with Crippen molar-refractivity contribution in [1.29, 1.82) is 0 Å². The first-order valence-corrected chi connectivity index (χ1v) is 7.51. The van der Waals surface area contributed by atoms with E-state index in [0.717, 1.165) is 6.54 Å². The molecule has 0 heterocycles. The zero-order valence-corrected chi connectivity index (χ0v) is 12.5. The lowest BCUT2D eigenvalue weighted by atomic mass is 9.84. The molecule has 3 N–H and O–H groups in total. The standard InChI is InChI=1S/C14H21IN2/c1-10-6-7-12(8-13(10)15)17-14-5-3-2-4-11(14)9-16/h6-8,11,14,17H,2-5,9,16H2,1H3. The average Bonchev–Trinajstić information content (AvgIpc) is 2.34. The predicted octanol–water partition coefficient (Wildman–Crippen LogP) is 3.53. The second-order valence-corrected chi connectivity index (χ2v) is 6.16. The van der Waals surface area contributed by atoms with Crippen LogP contribution >= 0.6 is 22.6 Å². The minimum atomic E-state index is 0.562. The zero-order valence-electron chi connectivity index (χ0n) is 10.4. The van der Waals surface area contributed by atoms with Crippen LogP contribution in [0.25, 0.3) is 0 Å². The van der Waals surface area contributed by atoms with Crippen LogP contribution in [0.1, 0.15) is 31.2 Å². The van der Waals surface area contributed by atoms with Crippen LogP contribution in [0.3, 0.4) is 0 Å². The lowest BCUT2D eigenvalue weighted by Gasteiger charge is -2.32. The first-order chi connectivity index (χ1) is 8.20. The topological polar surface area (TPSA) is 38.0 Å². The van der Waals surface area contributed by atoms with Crippen molar-refractivity contribution in [2.45, 2.75) is 38.6 Å². The van der Waals surface area contributed by atoms with E-state index >= 15 is 0 Å². The Hall–Kier alpha value is -0.290. The highest BCUT2D eigenvalue weighted by Crippen LogP contribution is 2.27. The molecule has 0 aliphatic heterocycles. The molecule has 2 unspecified atom stereocenters. The summed E-state index contributed by atoms with van der Waals surface area (Å²) in [6.07, 6.45) is 5.20. The maximum atomic E-state index is 5.86. The Morgan fingerprint density at radius 1 is 1.35 bits per heavy atom. The van der Waals surface area contributed by atoms with Gasteiger partial charge in [0.15, 0.2) is 0 Å². The van der Waals surface area contributed by atoms with Gasteiger partial charge in [-0.3, -0.25) is 0 Å². The number of anilines is 1. The molecule has 2 atom stereocenters. The Balaban J connectivity index is 2.05. The van der Waals surface area contributed by atoms with Crippen molar-refractivity contribution >= 4 is 28.3 Å². The highest BCUT2D eigenvalue weighted by atomic mass is 127. The molecular formula is C14H21IN2. The largest absolute Gasteiger partial charge is 0.382 e. The second-order valence-electron chi connectivity index (χ2n) is 5.00. The van der Waals surface area contributed by atoms with Crippen molar-refractivity contribution in [2.24, 2.45) is 11.7 Å². The van der Waals surface area contributed by atoms with Gasteiger partial charge in [0.2, 0.25) is 0 Å². The van der Waals surface area contributed by atoms with Crippen LogP contribution in [-0.2, 0) is 0 Å². The van der Waals surface area contributed by atoms with Gasteiger partial charge in [-0.25, -0.2) is 0 Å². The minimum absolute atomic E-state index is 0.562. The number of nitrogens with two attached hydrogens (primary N) is 1. The van der Waals surface area contributed by atoms with Crippen LogP contribution in [0.5, 0.6) is 0 Å². The first kappa shape index (κ1) is 13.1. The number of rotatable bonds is 3. The van der Waals surface area contributed by atoms with E-state index in [4.69, 9.17) is 5.73 Å². The molecule has 1 aromatic carbocycles. The van der Waals surface area contributed by atoms with Gasteiger partial charge >= 0.3 is 0 Å². The van der Waals surface area contributed by atoms with Gasteiger partial charge in [-0.2, -0.15) is 0 Å². The summed E-state index contributed by atoms with van der Waals surface area (Å²) in [5, 5.41) is 3.67. The van der Waals surface area contributed by atoms with Gasteiger partial charge in [0.25, 0.3) is 0 Å². The smallest absolute Gasteiger partial charge is 0.0353 e. The molecule has 1 fully saturated rings. The van der Waals surface area contributed by atoms with Gasteiger partial charge in [0.05, 0.1) is 0 Å². The van der Waals surface area contributed by atoms with Crippen LogP contribution in [-0.4, -0.2) is 12.6 Å². The first-order valence-electron chi connectivity index (χ1n) is 6.43. The summed E-state index contributed by atoms with van der Waals surface area (Å²) in [6.45, 7) is 2.95. The summed E-state index contributed by atoms with van der Waals surface area (Å²) in [4.78, 5) is 0. The zero-order chi connectivity index (χ0) is 12.3. The molecule has 0 saturated heterocycles. The molecule has 1 saturated carbocycles. The van der Waals surface area contributed by atoms with E-state index in [1.807, 2.05) is 0 Å². The number of halogens is 1. The fourth-order valence-corrected chi connectivity index (χ4v) is 3.09. The fraction of sp³-hybridized carbons (Fsp3) is 0.571. The Morgan fingerprint density at radius 3 is 2.82 bits per heavy atom. The summed E-state index contributed by atoms with van der Waals surface area (Å²) in [7, 11) is 0. The summed E-state index contributed by atoms with van der Waals surface area (Å²) in [5.74, 6) is 0.641. The second kappa shape index (κ2) is 6.05. The minimum Gasteiger partial charge on any atom is -0.382 e. The molecule has 94 valence electrons. The van der Waals surface area contributed by atoms with Crippen LogP contribution < -0.4 is 11.1 Å². The van der Waals surface area contributed by atoms with E-state index in [9.17, 15) is 0 Å². The van der Waals surface area contributed by atoms with E-state index in [-0.39, 0.29) is 0 Å². The monoisotopic (exact) mass is 344 g/mol. The van der Waals surface area contributed by atoms with Gasteiger partial charge in [-0.05, 0) is 72.5 Å². The number of hydrogen-bond donors (Lipinski definition) is 2. The van der Waals surface area contributed by atoms with Gasteiger partial charge in [-0.15, -0.1) is 0 Å². The van der Waals surface area contributed by atoms with Crippen molar-refractivity contribution in [3.05, 3.63) is 27.3 Å². The van der Waals surface area contributed by atoms with Crippen LogP contribution in [0.15, 0.2) is 18.2 Å². The van der Waals surface area contributed by atoms with Crippen molar-refractivity contribution in [2.75, 3.05) is 11.9 Å². The maximum absolute atomic E-state index is 5.86. The van der Waals surface area contributed by atoms with E-state index in [2.05, 4.69) is 53.0 Å². The van der Waals surface area contributed by atoms with Crippen molar-refractivity contribution in [1.82, 2.24) is 0 Å². The molecule has 17 heavy (non-hydrogen) atoms. The summed E-state index contributed by atoms with van der Waals surface area (Å²) >= 11 is 2.39. The Bertz CT molecular complexity index is 378. The fourth-order valence-electron chi connectivity index (χ4n) is 2.58. The lowest BCUT2D eigenvalue weighted by molar-refractivity contribution is 0.332. The third-order valence-electron chi connectivity index (χ3n) is 3.74. The number of aryl methyl sites for hydroxylation is 1. The molecule has 3 heteroatoms. The SMILES string of the molecule is Cc1ccc(NC2CCCCC2CN)cc1I. The van der Waals surface area contributed by atoms with Crippen molar-refractivity contribution in [3.63, 3.8) is 0 Å². The van der Waals surface area contributed by atoms with Gasteiger partial charge in [0, 0.05) is 15.3 Å². The van der Waals surface area contributed by atoms with Crippen molar-refractivity contribution < 1.29 is 0 Å². The summed E-state index contributed by atoms with van der Waals surface area (Å²) < 4.78 is 1.33. The molecule has 2 nitrogen and oxygen atoms in total. The van der Waals surface area contributed by atoms with E-state index in [1.54, 1.807) is 0 Å². The highest BCUT2D eigenvalue weighted by Gasteiger charge is 2.23. The van der Waals surface area contributed by atoms with E-state index < -0.39 is 0 Å². The third kappa shape index (κ3) is 3.35. The molecular weight excluding hydrogens is 323 g/mol. The van der Waals surface area contributed by atoms with Crippen LogP contribution in [0.4, 0.5) is 5.69 Å². The number of nitrogens with one attached hydrogen (secondary N) is 1. The van der Waals surface area contributed by atoms with Gasteiger partial charge < -0.3 is 11.1 Å². The number of hydrogen-bond acceptors (Lipinski definition) is 2. The highest BCUT2D eigenvalue weighted by molar-refractivity contribution is 14.1. The lowest BCUT2D eigenvalue weighted by Crippen LogP contribution is -2.36. The molecule has 1 aromatic rings. The van der Waals surface area contributed by atoms with E-state index in [0.29, 0.717) is 12.0 Å². The van der Waals surface area contributed by atoms with Gasteiger partial charge in [-0.1, -0.05) is 18.9 Å².